The summed E-state index contributed by atoms with van der Waals surface area (Å²) in [5, 5.41) is 9.90. The number of nitrogens with one attached hydrogen (secondary N) is 2. The van der Waals surface area contributed by atoms with Gasteiger partial charge in [0.05, 0.1) is 6.61 Å². The molecule has 0 saturated carbocycles. The minimum Gasteiger partial charge on any atom is -0.494 e. The minimum atomic E-state index is -0.152. The maximum atomic E-state index is 12.3. The van der Waals surface area contributed by atoms with Crippen molar-refractivity contribution in [1.82, 2.24) is 14.8 Å². The molecule has 0 aliphatic heterocycles. The van der Waals surface area contributed by atoms with E-state index in [4.69, 9.17) is 17.0 Å². The Labute approximate surface area is 173 Å². The largest absolute Gasteiger partial charge is 0.494 e. The monoisotopic (exact) mass is 410 g/mol. The molecule has 0 bridgehead atoms. The van der Waals surface area contributed by atoms with E-state index < -0.39 is 0 Å². The van der Waals surface area contributed by atoms with Crippen LogP contribution in [-0.2, 0) is 11.3 Å². The van der Waals surface area contributed by atoms with E-state index >= 15 is 0 Å². The van der Waals surface area contributed by atoms with Crippen molar-refractivity contribution in [1.29, 1.82) is 0 Å². The van der Waals surface area contributed by atoms with Gasteiger partial charge >= 0.3 is 0 Å². The predicted octanol–water partition coefficient (Wildman–Crippen LogP) is 4.24. The van der Waals surface area contributed by atoms with Gasteiger partial charge < -0.3 is 10.1 Å². The molecule has 1 aromatic heterocycles. The van der Waals surface area contributed by atoms with E-state index in [9.17, 15) is 9.59 Å². The number of hydrogen-bond acceptors (Lipinski definition) is 5. The van der Waals surface area contributed by atoms with E-state index in [0.717, 1.165) is 11.3 Å². The minimum absolute atomic E-state index is 0.0148. The van der Waals surface area contributed by atoms with Crippen LogP contribution in [0.2, 0.25) is 0 Å². The number of nitrogens with zero attached hydrogens (tertiary/aromatic N) is 2. The van der Waals surface area contributed by atoms with Crippen LogP contribution in [0.15, 0.2) is 48.5 Å². The SMILES string of the molecule is CCOc1ccc(-c2n[nH]c(=S)n2CCC(=O)Nc2ccc(C(C)=O)cc2)cc1. The fourth-order valence-electron chi connectivity index (χ4n) is 2.84. The molecule has 29 heavy (non-hydrogen) atoms. The molecule has 0 fully saturated rings. The number of ether oxygens (including phenoxy) is 1. The highest BCUT2D eigenvalue weighted by molar-refractivity contribution is 7.71. The van der Waals surface area contributed by atoms with Crippen molar-refractivity contribution in [2.75, 3.05) is 11.9 Å². The summed E-state index contributed by atoms with van der Waals surface area (Å²) in [6.07, 6.45) is 0.229. The van der Waals surface area contributed by atoms with Crippen molar-refractivity contribution >= 4 is 29.6 Å². The van der Waals surface area contributed by atoms with E-state index in [1.54, 1.807) is 28.8 Å². The van der Waals surface area contributed by atoms with Gasteiger partial charge in [-0.2, -0.15) is 5.10 Å². The van der Waals surface area contributed by atoms with Crippen LogP contribution in [0.1, 0.15) is 30.6 Å². The van der Waals surface area contributed by atoms with Crippen LogP contribution >= 0.6 is 12.2 Å². The molecule has 8 heteroatoms. The summed E-state index contributed by atoms with van der Waals surface area (Å²) in [6, 6.07) is 14.4. The molecule has 7 nitrogen and oxygen atoms in total. The number of aromatic nitrogens is 3. The van der Waals surface area contributed by atoms with Gasteiger partial charge in [-0.25, -0.2) is 0 Å². The highest BCUT2D eigenvalue weighted by atomic mass is 32.1. The third kappa shape index (κ3) is 5.17. The van der Waals surface area contributed by atoms with Crippen LogP contribution in [0.5, 0.6) is 5.75 Å². The second kappa shape index (κ2) is 9.29. The maximum Gasteiger partial charge on any atom is 0.226 e. The predicted molar refractivity (Wildman–Crippen MR) is 114 cm³/mol. The number of amides is 1. The molecule has 2 aromatic carbocycles. The molecule has 0 radical (unpaired) electrons. The van der Waals surface area contributed by atoms with Gasteiger partial charge in [0, 0.05) is 29.8 Å². The normalized spacial score (nSPS) is 10.6. The third-order valence-electron chi connectivity index (χ3n) is 4.32. The van der Waals surface area contributed by atoms with E-state index in [-0.39, 0.29) is 18.1 Å². The Kier molecular flexibility index (Phi) is 6.56. The van der Waals surface area contributed by atoms with Gasteiger partial charge in [-0.3, -0.25) is 19.3 Å². The Morgan fingerprint density at radius 2 is 1.83 bits per heavy atom. The summed E-state index contributed by atoms with van der Waals surface area (Å²) in [5.41, 5.74) is 2.12. The molecule has 0 atom stereocenters. The molecular formula is C21H22N4O3S. The van der Waals surface area contributed by atoms with Crippen molar-refractivity contribution in [3.05, 3.63) is 58.9 Å². The quantitative estimate of drug-likeness (QED) is 0.428. The summed E-state index contributed by atoms with van der Waals surface area (Å²) in [7, 11) is 0. The summed E-state index contributed by atoms with van der Waals surface area (Å²) in [4.78, 5) is 23.7. The molecule has 3 aromatic rings. The van der Waals surface area contributed by atoms with Gasteiger partial charge in [0.25, 0.3) is 0 Å². The van der Waals surface area contributed by atoms with E-state index in [2.05, 4.69) is 15.5 Å². The topological polar surface area (TPSA) is 89.0 Å². The zero-order valence-electron chi connectivity index (χ0n) is 16.3. The van der Waals surface area contributed by atoms with E-state index in [1.807, 2.05) is 31.2 Å². The van der Waals surface area contributed by atoms with Gasteiger partial charge in [-0.15, -0.1) is 0 Å². The molecule has 0 saturated heterocycles. The summed E-state index contributed by atoms with van der Waals surface area (Å²) in [6.45, 7) is 4.42. The second-order valence-corrected chi connectivity index (χ2v) is 6.78. The molecule has 0 unspecified atom stereocenters. The number of H-pyrrole nitrogens is 1. The first-order valence-corrected chi connectivity index (χ1v) is 9.68. The van der Waals surface area contributed by atoms with E-state index in [0.29, 0.717) is 35.0 Å². The van der Waals surface area contributed by atoms with Crippen LogP contribution in [0.4, 0.5) is 5.69 Å². The van der Waals surface area contributed by atoms with Crippen LogP contribution in [0.3, 0.4) is 0 Å². The van der Waals surface area contributed by atoms with Crippen molar-refractivity contribution < 1.29 is 14.3 Å². The molecular weight excluding hydrogens is 388 g/mol. The number of carbonyl (C=O) groups excluding carboxylic acids is 2. The van der Waals surface area contributed by atoms with Gasteiger partial charge in [0.15, 0.2) is 16.4 Å². The second-order valence-electron chi connectivity index (χ2n) is 6.39. The standard InChI is InChI=1S/C21H22N4O3S/c1-3-28-18-10-6-16(7-11-18)20-23-24-21(29)25(20)13-12-19(27)22-17-8-4-15(5-9-17)14(2)26/h4-11H,3,12-13H2,1-2H3,(H,22,27)(H,24,29). The smallest absolute Gasteiger partial charge is 0.226 e. The number of benzene rings is 2. The van der Waals surface area contributed by atoms with Crippen LogP contribution in [-0.4, -0.2) is 33.1 Å². The zero-order valence-corrected chi connectivity index (χ0v) is 17.1. The average Bonchev–Trinajstić information content (AvgIpc) is 3.08. The van der Waals surface area contributed by atoms with Gasteiger partial charge in [0.2, 0.25) is 5.91 Å². The number of rotatable bonds is 8. The van der Waals surface area contributed by atoms with Gasteiger partial charge in [-0.1, -0.05) is 0 Å². The number of anilines is 1. The van der Waals surface area contributed by atoms with Crippen molar-refractivity contribution in [3.8, 4) is 17.1 Å². The first-order chi connectivity index (χ1) is 14.0. The Balaban J connectivity index is 1.66. The Morgan fingerprint density at radius 3 is 2.45 bits per heavy atom. The summed E-state index contributed by atoms with van der Waals surface area (Å²) < 4.78 is 7.71. The number of Topliss-reactive ketones (excluding diaryl/α,β-unsaturated/α-hetero) is 1. The molecule has 150 valence electrons. The molecule has 3 rings (SSSR count). The van der Waals surface area contributed by atoms with Crippen molar-refractivity contribution in [2.45, 2.75) is 26.8 Å². The lowest BCUT2D eigenvalue weighted by Gasteiger charge is -2.09. The third-order valence-corrected chi connectivity index (χ3v) is 4.63. The molecule has 1 heterocycles. The van der Waals surface area contributed by atoms with E-state index in [1.165, 1.54) is 6.92 Å². The molecule has 0 spiro atoms. The average molecular weight is 410 g/mol. The number of ketones is 1. The molecule has 2 N–H and O–H groups in total. The van der Waals surface area contributed by atoms with Crippen molar-refractivity contribution in [2.24, 2.45) is 0 Å². The number of hydrogen-bond donors (Lipinski definition) is 2. The van der Waals surface area contributed by atoms with Crippen LogP contribution < -0.4 is 10.1 Å². The molecule has 0 aliphatic carbocycles. The fraction of sp³-hybridized carbons (Fsp3) is 0.238. The highest BCUT2D eigenvalue weighted by Crippen LogP contribution is 2.21. The molecule has 0 aliphatic rings. The lowest BCUT2D eigenvalue weighted by Crippen LogP contribution is -2.15. The van der Waals surface area contributed by atoms with Gasteiger partial charge in [-0.05, 0) is 74.6 Å². The molecule has 1 amide bonds. The first-order valence-electron chi connectivity index (χ1n) is 9.27. The summed E-state index contributed by atoms with van der Waals surface area (Å²) >= 11 is 5.32. The Morgan fingerprint density at radius 1 is 1.14 bits per heavy atom. The lowest BCUT2D eigenvalue weighted by molar-refractivity contribution is -0.116. The van der Waals surface area contributed by atoms with Crippen molar-refractivity contribution in [3.63, 3.8) is 0 Å². The Hall–Kier alpha value is -3.26. The van der Waals surface area contributed by atoms with Gasteiger partial charge in [0.1, 0.15) is 5.75 Å². The van der Waals surface area contributed by atoms with Crippen LogP contribution in [0, 0.1) is 4.77 Å². The summed E-state index contributed by atoms with van der Waals surface area (Å²) in [5.74, 6) is 1.28. The van der Waals surface area contributed by atoms with Crippen LogP contribution in [0.25, 0.3) is 11.4 Å². The Bertz CT molecular complexity index is 1050. The first kappa shape index (κ1) is 20.5. The highest BCUT2D eigenvalue weighted by Gasteiger charge is 2.11. The maximum absolute atomic E-state index is 12.3. The zero-order chi connectivity index (χ0) is 20.8. The lowest BCUT2D eigenvalue weighted by atomic mass is 10.1. The number of carbonyl (C=O) groups is 2. The number of aromatic amines is 1. The fourth-order valence-corrected chi connectivity index (χ4v) is 3.06.